The number of hydrogen-bond donors (Lipinski definition) is 1. The van der Waals surface area contributed by atoms with E-state index >= 15 is 0 Å². The molecule has 0 atom stereocenters. The molecular weight excluding hydrogens is 246 g/mol. The molecular formula is C18H21NO. The lowest BCUT2D eigenvalue weighted by molar-refractivity contribution is 0.350. The van der Waals surface area contributed by atoms with Crippen LogP contribution in [0.3, 0.4) is 0 Å². The molecule has 0 aliphatic carbocycles. The van der Waals surface area contributed by atoms with Gasteiger partial charge in [0.2, 0.25) is 0 Å². The minimum absolute atomic E-state index is 0.539. The molecule has 104 valence electrons. The fourth-order valence-electron chi connectivity index (χ4n) is 1.98. The van der Waals surface area contributed by atoms with E-state index < -0.39 is 0 Å². The third kappa shape index (κ3) is 3.97. The number of hydrogen-bond acceptors (Lipinski definition) is 2. The first-order valence-corrected chi connectivity index (χ1v) is 6.96. The van der Waals surface area contributed by atoms with E-state index in [1.165, 1.54) is 5.56 Å². The van der Waals surface area contributed by atoms with Crippen molar-refractivity contribution in [2.75, 3.05) is 19.7 Å². The first kappa shape index (κ1) is 14.4. The van der Waals surface area contributed by atoms with E-state index in [9.17, 15) is 0 Å². The van der Waals surface area contributed by atoms with Crippen molar-refractivity contribution < 1.29 is 4.74 Å². The number of ether oxygens (including phenoxy) is 1. The Hall–Kier alpha value is -2.06. The quantitative estimate of drug-likeness (QED) is 0.768. The Morgan fingerprint density at radius 1 is 1.05 bits per heavy atom. The molecule has 1 N–H and O–H groups in total. The normalized spacial score (nSPS) is 10.2. The number of benzene rings is 2. The smallest absolute Gasteiger partial charge is 0.127 e. The molecule has 0 spiro atoms. The van der Waals surface area contributed by atoms with Gasteiger partial charge in [-0.1, -0.05) is 62.0 Å². The summed E-state index contributed by atoms with van der Waals surface area (Å²) in [5, 5.41) is 3.25. The lowest BCUT2D eigenvalue weighted by atomic mass is 10.1. The van der Waals surface area contributed by atoms with Gasteiger partial charge in [-0.3, -0.25) is 0 Å². The van der Waals surface area contributed by atoms with Crippen molar-refractivity contribution in [2.45, 2.75) is 6.92 Å². The second-order valence-electron chi connectivity index (χ2n) is 4.68. The second-order valence-corrected chi connectivity index (χ2v) is 4.68. The summed E-state index contributed by atoms with van der Waals surface area (Å²) in [4.78, 5) is 0. The van der Waals surface area contributed by atoms with Crippen molar-refractivity contribution in [3.63, 3.8) is 0 Å². The summed E-state index contributed by atoms with van der Waals surface area (Å²) in [7, 11) is 0. The molecule has 0 unspecified atom stereocenters. The summed E-state index contributed by atoms with van der Waals surface area (Å²) in [5.74, 6) is 0.899. The van der Waals surface area contributed by atoms with Crippen LogP contribution >= 0.6 is 0 Å². The summed E-state index contributed by atoms with van der Waals surface area (Å²) >= 11 is 0. The highest BCUT2D eigenvalue weighted by molar-refractivity contribution is 5.70. The highest BCUT2D eigenvalue weighted by Gasteiger charge is 2.05. The average Bonchev–Trinajstić information content (AvgIpc) is 2.52. The van der Waals surface area contributed by atoms with Crippen LogP contribution in [0, 0.1) is 0 Å². The van der Waals surface area contributed by atoms with Crippen LogP contribution in [0.2, 0.25) is 0 Å². The molecule has 2 aromatic rings. The lowest BCUT2D eigenvalue weighted by Crippen LogP contribution is -2.18. The van der Waals surface area contributed by atoms with Crippen molar-refractivity contribution in [3.05, 3.63) is 66.7 Å². The molecule has 0 aliphatic rings. The van der Waals surface area contributed by atoms with Gasteiger partial charge in [-0.05, 0) is 23.7 Å². The van der Waals surface area contributed by atoms with E-state index in [4.69, 9.17) is 4.74 Å². The molecule has 0 radical (unpaired) electrons. The van der Waals surface area contributed by atoms with Crippen LogP contribution in [0.15, 0.2) is 66.7 Å². The molecule has 0 saturated carbocycles. The Bertz CT molecular complexity index is 548. The fraction of sp³-hybridized carbons (Fsp3) is 0.222. The Labute approximate surface area is 121 Å². The van der Waals surface area contributed by atoms with Crippen LogP contribution < -0.4 is 10.1 Å². The van der Waals surface area contributed by atoms with Gasteiger partial charge in [-0.25, -0.2) is 0 Å². The van der Waals surface area contributed by atoms with Gasteiger partial charge in [0.15, 0.2) is 0 Å². The SMILES string of the molecule is C=C(CNCC)COc1ccccc1-c1ccccc1. The van der Waals surface area contributed by atoms with Crippen molar-refractivity contribution in [3.8, 4) is 16.9 Å². The molecule has 2 rings (SSSR count). The van der Waals surface area contributed by atoms with Crippen LogP contribution in [0.5, 0.6) is 5.75 Å². The van der Waals surface area contributed by atoms with E-state index in [0.717, 1.165) is 30.0 Å². The summed E-state index contributed by atoms with van der Waals surface area (Å²) in [5.41, 5.74) is 3.33. The summed E-state index contributed by atoms with van der Waals surface area (Å²) in [6.45, 7) is 8.38. The molecule has 0 amide bonds. The largest absolute Gasteiger partial charge is 0.489 e. The molecule has 2 aromatic carbocycles. The third-order valence-corrected chi connectivity index (χ3v) is 3.03. The third-order valence-electron chi connectivity index (χ3n) is 3.03. The molecule has 20 heavy (non-hydrogen) atoms. The zero-order valence-electron chi connectivity index (χ0n) is 11.9. The number of likely N-dealkylation sites (N-methyl/N-ethyl adjacent to an activating group) is 1. The van der Waals surface area contributed by atoms with E-state index in [-0.39, 0.29) is 0 Å². The molecule has 0 aromatic heterocycles. The van der Waals surface area contributed by atoms with Gasteiger partial charge in [-0.2, -0.15) is 0 Å². The van der Waals surface area contributed by atoms with Crippen LogP contribution in [0.4, 0.5) is 0 Å². The van der Waals surface area contributed by atoms with Gasteiger partial charge in [0.25, 0.3) is 0 Å². The predicted molar refractivity (Wildman–Crippen MR) is 85.1 cm³/mol. The van der Waals surface area contributed by atoms with E-state index in [0.29, 0.717) is 6.61 Å². The monoisotopic (exact) mass is 267 g/mol. The van der Waals surface area contributed by atoms with Gasteiger partial charge in [0.1, 0.15) is 12.4 Å². The molecule has 0 fully saturated rings. The molecule has 0 heterocycles. The molecule has 0 saturated heterocycles. The van der Waals surface area contributed by atoms with Crippen molar-refractivity contribution in [1.29, 1.82) is 0 Å². The summed E-state index contributed by atoms with van der Waals surface area (Å²) in [6.07, 6.45) is 0. The van der Waals surface area contributed by atoms with Crippen molar-refractivity contribution in [2.24, 2.45) is 0 Å². The molecule has 2 nitrogen and oxygen atoms in total. The van der Waals surface area contributed by atoms with Crippen molar-refractivity contribution >= 4 is 0 Å². The topological polar surface area (TPSA) is 21.3 Å². The van der Waals surface area contributed by atoms with Gasteiger partial charge in [-0.15, -0.1) is 0 Å². The van der Waals surface area contributed by atoms with Gasteiger partial charge >= 0.3 is 0 Å². The zero-order valence-corrected chi connectivity index (χ0v) is 11.9. The molecule has 0 aliphatic heterocycles. The minimum Gasteiger partial charge on any atom is -0.489 e. The fourth-order valence-corrected chi connectivity index (χ4v) is 1.98. The Balaban J connectivity index is 2.07. The van der Waals surface area contributed by atoms with Crippen LogP contribution in [-0.4, -0.2) is 19.7 Å². The second kappa shape index (κ2) is 7.51. The highest BCUT2D eigenvalue weighted by Crippen LogP contribution is 2.29. The van der Waals surface area contributed by atoms with Crippen LogP contribution in [0.1, 0.15) is 6.92 Å². The standard InChI is InChI=1S/C18H21NO/c1-3-19-13-15(2)14-20-18-12-8-7-11-17(18)16-9-5-4-6-10-16/h4-12,19H,2-3,13-14H2,1H3. The van der Waals surface area contributed by atoms with Gasteiger partial charge < -0.3 is 10.1 Å². The minimum atomic E-state index is 0.539. The van der Waals surface area contributed by atoms with Gasteiger partial charge in [0, 0.05) is 12.1 Å². The highest BCUT2D eigenvalue weighted by atomic mass is 16.5. The van der Waals surface area contributed by atoms with E-state index in [1.807, 2.05) is 36.4 Å². The summed E-state index contributed by atoms with van der Waals surface area (Å²) < 4.78 is 5.91. The number of nitrogens with one attached hydrogen (secondary N) is 1. The Morgan fingerprint density at radius 3 is 2.50 bits per heavy atom. The Morgan fingerprint density at radius 2 is 1.75 bits per heavy atom. The first-order chi connectivity index (χ1) is 9.81. The maximum Gasteiger partial charge on any atom is 0.127 e. The maximum atomic E-state index is 5.91. The first-order valence-electron chi connectivity index (χ1n) is 6.96. The van der Waals surface area contributed by atoms with E-state index in [1.54, 1.807) is 0 Å². The lowest BCUT2D eigenvalue weighted by Gasteiger charge is -2.13. The average molecular weight is 267 g/mol. The predicted octanol–water partition coefficient (Wildman–Crippen LogP) is 3.90. The molecule has 0 bridgehead atoms. The van der Waals surface area contributed by atoms with Crippen molar-refractivity contribution in [1.82, 2.24) is 5.32 Å². The number of para-hydroxylation sites is 1. The van der Waals surface area contributed by atoms with E-state index in [2.05, 4.69) is 37.0 Å². The van der Waals surface area contributed by atoms with Crippen LogP contribution in [-0.2, 0) is 0 Å². The van der Waals surface area contributed by atoms with Crippen LogP contribution in [0.25, 0.3) is 11.1 Å². The molecule has 2 heteroatoms. The summed E-state index contributed by atoms with van der Waals surface area (Å²) in [6, 6.07) is 18.4. The number of rotatable bonds is 7. The Kier molecular flexibility index (Phi) is 5.39. The zero-order chi connectivity index (χ0) is 14.2. The maximum absolute atomic E-state index is 5.91. The van der Waals surface area contributed by atoms with Gasteiger partial charge in [0.05, 0.1) is 0 Å².